The number of benzene rings is 1. The topological polar surface area (TPSA) is 59.5 Å². The van der Waals surface area contributed by atoms with Gasteiger partial charge in [0.05, 0.1) is 23.9 Å². The number of carbonyl (C=O) groups is 2. The molecule has 1 amide bonds. The Balaban J connectivity index is 1.76. The van der Waals surface area contributed by atoms with E-state index in [1.165, 1.54) is 0 Å². The van der Waals surface area contributed by atoms with Crippen molar-refractivity contribution in [1.82, 2.24) is 9.88 Å². The van der Waals surface area contributed by atoms with Crippen molar-refractivity contribution < 1.29 is 14.3 Å². The highest BCUT2D eigenvalue weighted by Crippen LogP contribution is 2.42. The molecule has 2 aliphatic rings. The molecule has 2 aromatic rings. The second-order valence-electron chi connectivity index (χ2n) is 6.25. The van der Waals surface area contributed by atoms with Gasteiger partial charge >= 0.3 is 5.97 Å². The second-order valence-corrected chi connectivity index (χ2v) is 6.25. The summed E-state index contributed by atoms with van der Waals surface area (Å²) in [6, 6.07) is 9.96. The lowest BCUT2D eigenvalue weighted by molar-refractivity contribution is -0.143. The van der Waals surface area contributed by atoms with Crippen molar-refractivity contribution in [1.29, 1.82) is 0 Å². The molecule has 0 N–H and O–H groups in total. The van der Waals surface area contributed by atoms with Crippen molar-refractivity contribution in [2.24, 2.45) is 0 Å². The molecule has 24 heavy (non-hydrogen) atoms. The Morgan fingerprint density at radius 1 is 1.38 bits per heavy atom. The normalized spacial score (nSPS) is 19.5. The summed E-state index contributed by atoms with van der Waals surface area (Å²) < 4.78 is 5.05. The number of nitrogens with zero attached hydrogens (tertiary/aromatic N) is 2. The van der Waals surface area contributed by atoms with Crippen molar-refractivity contribution in [3.8, 4) is 0 Å². The average Bonchev–Trinajstić information content (AvgIpc) is 2.91. The first-order chi connectivity index (χ1) is 11.6. The molecule has 0 fully saturated rings. The third-order valence-electron chi connectivity index (χ3n) is 4.75. The zero-order valence-electron chi connectivity index (χ0n) is 13.7. The van der Waals surface area contributed by atoms with Crippen LogP contribution < -0.4 is 0 Å². The zero-order valence-corrected chi connectivity index (χ0v) is 13.7. The molecular weight excluding hydrogens is 304 g/mol. The smallest absolute Gasteiger partial charge is 0.343 e. The Hall–Kier alpha value is -2.69. The van der Waals surface area contributed by atoms with Crippen LogP contribution in [0.4, 0.5) is 0 Å². The van der Waals surface area contributed by atoms with E-state index in [0.29, 0.717) is 13.0 Å². The maximum absolute atomic E-state index is 12.8. The van der Waals surface area contributed by atoms with E-state index < -0.39 is 5.97 Å². The molecule has 0 spiro atoms. The summed E-state index contributed by atoms with van der Waals surface area (Å²) in [6.07, 6.45) is 0.623. The van der Waals surface area contributed by atoms with Crippen LogP contribution in [0.25, 0.3) is 10.9 Å². The first-order valence-corrected chi connectivity index (χ1v) is 8.16. The van der Waals surface area contributed by atoms with Crippen LogP contribution >= 0.6 is 0 Å². The summed E-state index contributed by atoms with van der Waals surface area (Å²) in [5.74, 6) is -0.767. The number of hydrogen-bond donors (Lipinski definition) is 0. The van der Waals surface area contributed by atoms with E-state index >= 15 is 0 Å². The number of hydrogen-bond acceptors (Lipinski definition) is 4. The van der Waals surface area contributed by atoms with Crippen molar-refractivity contribution in [3.05, 3.63) is 52.7 Å². The van der Waals surface area contributed by atoms with Crippen LogP contribution in [-0.4, -0.2) is 28.4 Å². The van der Waals surface area contributed by atoms with Gasteiger partial charge < -0.3 is 9.64 Å². The van der Waals surface area contributed by atoms with Crippen molar-refractivity contribution in [2.75, 3.05) is 6.61 Å². The molecule has 0 bridgehead atoms. The van der Waals surface area contributed by atoms with Crippen molar-refractivity contribution in [3.63, 3.8) is 0 Å². The fourth-order valence-corrected chi connectivity index (χ4v) is 3.63. The molecule has 0 saturated heterocycles. The third kappa shape index (κ3) is 2.12. The predicted molar refractivity (Wildman–Crippen MR) is 89.0 cm³/mol. The molecule has 1 unspecified atom stereocenters. The number of para-hydroxylation sites is 1. The van der Waals surface area contributed by atoms with Gasteiger partial charge in [-0.1, -0.05) is 23.8 Å². The van der Waals surface area contributed by atoms with E-state index in [1.54, 1.807) is 11.8 Å². The fourth-order valence-electron chi connectivity index (χ4n) is 3.63. The first kappa shape index (κ1) is 14.9. The SMILES string of the molecule is CCOC(=O)C1=C(C)CC2c3nc4ccccc4cc3CN2C1=O. The van der Waals surface area contributed by atoms with Gasteiger partial charge in [-0.15, -0.1) is 0 Å². The van der Waals surface area contributed by atoms with Gasteiger partial charge in [-0.25, -0.2) is 4.79 Å². The Bertz CT molecular complexity index is 901. The Labute approximate surface area is 139 Å². The Kier molecular flexibility index (Phi) is 3.37. The third-order valence-corrected chi connectivity index (χ3v) is 4.75. The standard InChI is InChI=1S/C19H18N2O3/c1-3-24-19(23)16-11(2)8-15-17-13(10-21(15)18(16)22)9-12-6-4-5-7-14(12)20-17/h4-7,9,15H,3,8,10H2,1-2H3. The Morgan fingerprint density at radius 2 is 2.17 bits per heavy atom. The van der Waals surface area contributed by atoms with E-state index in [9.17, 15) is 9.59 Å². The molecule has 1 atom stereocenters. The summed E-state index contributed by atoms with van der Waals surface area (Å²) >= 11 is 0. The summed E-state index contributed by atoms with van der Waals surface area (Å²) in [4.78, 5) is 31.5. The van der Waals surface area contributed by atoms with Crippen molar-refractivity contribution >= 4 is 22.8 Å². The summed E-state index contributed by atoms with van der Waals surface area (Å²) in [7, 11) is 0. The Morgan fingerprint density at radius 3 is 2.96 bits per heavy atom. The van der Waals surface area contributed by atoms with Crippen LogP contribution in [0, 0.1) is 0 Å². The quantitative estimate of drug-likeness (QED) is 0.630. The van der Waals surface area contributed by atoms with E-state index in [-0.39, 0.29) is 24.1 Å². The molecular formula is C19H18N2O3. The van der Waals surface area contributed by atoms with Crippen LogP contribution in [0.2, 0.25) is 0 Å². The van der Waals surface area contributed by atoms with E-state index in [4.69, 9.17) is 9.72 Å². The van der Waals surface area contributed by atoms with Crippen LogP contribution in [0.3, 0.4) is 0 Å². The monoisotopic (exact) mass is 322 g/mol. The van der Waals surface area contributed by atoms with Crippen LogP contribution in [-0.2, 0) is 20.9 Å². The lowest BCUT2D eigenvalue weighted by Crippen LogP contribution is -2.38. The number of carbonyl (C=O) groups excluding carboxylic acids is 2. The summed E-state index contributed by atoms with van der Waals surface area (Å²) in [6.45, 7) is 4.33. The minimum Gasteiger partial charge on any atom is -0.462 e. The number of esters is 1. The average molecular weight is 322 g/mol. The molecule has 122 valence electrons. The first-order valence-electron chi connectivity index (χ1n) is 8.16. The molecule has 2 aliphatic heterocycles. The predicted octanol–water partition coefficient (Wildman–Crippen LogP) is 2.90. The molecule has 3 heterocycles. The van der Waals surface area contributed by atoms with Gasteiger partial charge in [0, 0.05) is 11.9 Å². The molecule has 5 nitrogen and oxygen atoms in total. The van der Waals surface area contributed by atoms with Gasteiger partial charge in [-0.2, -0.15) is 0 Å². The van der Waals surface area contributed by atoms with Crippen LogP contribution in [0.1, 0.15) is 37.6 Å². The number of amides is 1. The fraction of sp³-hybridized carbons (Fsp3) is 0.316. The second kappa shape index (κ2) is 5.44. The van der Waals surface area contributed by atoms with Gasteiger partial charge in [0.1, 0.15) is 5.57 Å². The van der Waals surface area contributed by atoms with Gasteiger partial charge in [-0.05, 0) is 38.0 Å². The minimum atomic E-state index is -0.521. The molecule has 4 rings (SSSR count). The summed E-state index contributed by atoms with van der Waals surface area (Å²) in [5, 5.41) is 1.07. The highest BCUT2D eigenvalue weighted by atomic mass is 16.5. The molecule has 0 radical (unpaired) electrons. The van der Waals surface area contributed by atoms with E-state index in [1.807, 2.05) is 31.2 Å². The zero-order chi connectivity index (χ0) is 16.8. The van der Waals surface area contributed by atoms with Gasteiger partial charge in [-0.3, -0.25) is 9.78 Å². The van der Waals surface area contributed by atoms with Gasteiger partial charge in [0.2, 0.25) is 0 Å². The molecule has 0 aliphatic carbocycles. The maximum atomic E-state index is 12.8. The van der Waals surface area contributed by atoms with Gasteiger partial charge in [0.25, 0.3) is 5.91 Å². The van der Waals surface area contributed by atoms with E-state index in [2.05, 4.69) is 6.07 Å². The maximum Gasteiger partial charge on any atom is 0.343 e. The van der Waals surface area contributed by atoms with E-state index in [0.717, 1.165) is 27.7 Å². The van der Waals surface area contributed by atoms with Crippen molar-refractivity contribution in [2.45, 2.75) is 32.9 Å². The minimum absolute atomic E-state index is 0.0877. The number of aromatic nitrogens is 1. The highest BCUT2D eigenvalue weighted by Gasteiger charge is 2.42. The molecule has 0 saturated carbocycles. The molecule has 1 aromatic heterocycles. The molecule has 5 heteroatoms. The number of rotatable bonds is 2. The van der Waals surface area contributed by atoms with Gasteiger partial charge in [0.15, 0.2) is 0 Å². The number of fused-ring (bicyclic) bond motifs is 4. The van der Waals surface area contributed by atoms with Crippen LogP contribution in [0.15, 0.2) is 41.5 Å². The number of ether oxygens (including phenoxy) is 1. The lowest BCUT2D eigenvalue weighted by Gasteiger charge is -2.31. The number of pyridine rings is 1. The largest absolute Gasteiger partial charge is 0.462 e. The van der Waals surface area contributed by atoms with Crippen LogP contribution in [0.5, 0.6) is 0 Å². The molecule has 1 aromatic carbocycles. The lowest BCUT2D eigenvalue weighted by atomic mass is 9.94. The summed E-state index contributed by atoms with van der Waals surface area (Å²) in [5.41, 5.74) is 3.91. The highest BCUT2D eigenvalue weighted by molar-refractivity contribution is 6.17.